The maximum atomic E-state index is 5.82. The van der Waals surface area contributed by atoms with Crippen molar-refractivity contribution in [2.24, 2.45) is 10.9 Å². The Kier molecular flexibility index (Phi) is 9.00. The summed E-state index contributed by atoms with van der Waals surface area (Å²) in [7, 11) is 1.80. The fourth-order valence-electron chi connectivity index (χ4n) is 3.40. The summed E-state index contributed by atoms with van der Waals surface area (Å²) in [6.45, 7) is 5.70. The maximum Gasteiger partial charge on any atom is 0.191 e. The van der Waals surface area contributed by atoms with Gasteiger partial charge in [-0.25, -0.2) is 0 Å². The van der Waals surface area contributed by atoms with Gasteiger partial charge in [0.2, 0.25) is 0 Å². The summed E-state index contributed by atoms with van der Waals surface area (Å²) >= 11 is 0. The summed E-state index contributed by atoms with van der Waals surface area (Å²) in [5.41, 5.74) is 2.49. The molecule has 1 saturated heterocycles. The van der Waals surface area contributed by atoms with E-state index >= 15 is 0 Å². The van der Waals surface area contributed by atoms with Crippen molar-refractivity contribution in [2.75, 3.05) is 40.0 Å². The molecular weight excluding hydrogens is 366 g/mol. The predicted octanol–water partition coefficient (Wildman–Crippen LogP) is 2.43. The van der Waals surface area contributed by atoms with Crippen LogP contribution >= 0.6 is 0 Å². The highest BCUT2D eigenvalue weighted by Gasteiger charge is 2.13. The monoisotopic (exact) mass is 399 g/mol. The molecule has 0 radical (unpaired) electrons. The number of nitrogens with one attached hydrogen (secondary N) is 2. The Balaban J connectivity index is 1.34. The smallest absolute Gasteiger partial charge is 0.191 e. The van der Waals surface area contributed by atoms with E-state index in [2.05, 4.69) is 45.0 Å². The quantitative estimate of drug-likeness (QED) is 0.365. The summed E-state index contributed by atoms with van der Waals surface area (Å²) < 4.78 is 13.1. The van der Waals surface area contributed by atoms with Crippen LogP contribution in [0.5, 0.6) is 0 Å². The Hall–Kier alpha value is -2.38. The molecule has 2 N–H and O–H groups in total. The number of nitrogens with zero attached hydrogens (tertiary/aromatic N) is 3. The number of guanidine groups is 1. The largest absolute Gasteiger partial charge is 0.381 e. The molecule has 1 aromatic carbocycles. The third kappa shape index (κ3) is 7.51. The Morgan fingerprint density at radius 1 is 1.21 bits per heavy atom. The van der Waals surface area contributed by atoms with Crippen LogP contribution in [0.2, 0.25) is 0 Å². The van der Waals surface area contributed by atoms with Gasteiger partial charge in [0.15, 0.2) is 5.96 Å². The van der Waals surface area contributed by atoms with Crippen LogP contribution in [0.1, 0.15) is 30.4 Å². The van der Waals surface area contributed by atoms with Gasteiger partial charge >= 0.3 is 0 Å². The van der Waals surface area contributed by atoms with Gasteiger partial charge in [0, 0.05) is 59.0 Å². The molecule has 7 heteroatoms. The highest BCUT2D eigenvalue weighted by Crippen LogP contribution is 2.14. The summed E-state index contributed by atoms with van der Waals surface area (Å²) in [6, 6.07) is 10.4. The van der Waals surface area contributed by atoms with Gasteiger partial charge < -0.3 is 20.1 Å². The first kappa shape index (κ1) is 21.3. The lowest BCUT2D eigenvalue weighted by Gasteiger charge is -2.21. The third-order valence-corrected chi connectivity index (χ3v) is 5.13. The third-order valence-electron chi connectivity index (χ3n) is 5.13. The van der Waals surface area contributed by atoms with E-state index in [0.717, 1.165) is 71.3 Å². The number of hydrogen-bond acceptors (Lipinski definition) is 4. The molecule has 0 atom stereocenters. The summed E-state index contributed by atoms with van der Waals surface area (Å²) in [4.78, 5) is 4.32. The first-order chi connectivity index (χ1) is 14.3. The minimum atomic E-state index is 0.660. The van der Waals surface area contributed by atoms with Gasteiger partial charge in [0.1, 0.15) is 0 Å². The molecule has 1 fully saturated rings. The number of ether oxygens (including phenoxy) is 2. The second-order valence-electron chi connectivity index (χ2n) is 7.31. The Morgan fingerprint density at radius 2 is 2.03 bits per heavy atom. The second-order valence-corrected chi connectivity index (χ2v) is 7.31. The van der Waals surface area contributed by atoms with Gasteiger partial charge in [-0.2, -0.15) is 5.10 Å². The second kappa shape index (κ2) is 12.2. The predicted molar refractivity (Wildman–Crippen MR) is 115 cm³/mol. The van der Waals surface area contributed by atoms with Gasteiger partial charge in [0.05, 0.1) is 6.54 Å². The average molecular weight is 400 g/mol. The van der Waals surface area contributed by atoms with Crippen molar-refractivity contribution in [1.29, 1.82) is 0 Å². The Morgan fingerprint density at radius 3 is 2.79 bits per heavy atom. The lowest BCUT2D eigenvalue weighted by molar-refractivity contribution is 0.0203. The standard InChI is InChI=1S/C22H33N5O2/c1-23-22(24-10-5-13-29-18-19-8-14-28-15-9-19)25-16-20-6-2-3-7-21(20)17-27-12-4-11-26-27/h2-4,6-7,11-12,19H,5,8-10,13-18H2,1H3,(H2,23,24,25). The fraction of sp³-hybridized carbons (Fsp3) is 0.545. The average Bonchev–Trinajstić information content (AvgIpc) is 3.27. The molecule has 2 aromatic rings. The van der Waals surface area contributed by atoms with E-state index in [-0.39, 0.29) is 0 Å². The summed E-state index contributed by atoms with van der Waals surface area (Å²) in [6.07, 6.45) is 6.99. The molecule has 1 aromatic heterocycles. The fourth-order valence-corrected chi connectivity index (χ4v) is 3.40. The molecule has 0 spiro atoms. The molecular formula is C22H33N5O2. The molecule has 2 heterocycles. The molecule has 1 aliphatic heterocycles. The molecule has 3 rings (SSSR count). The summed E-state index contributed by atoms with van der Waals surface area (Å²) in [5.74, 6) is 1.47. The Bertz CT molecular complexity index is 727. The van der Waals surface area contributed by atoms with Gasteiger partial charge in [0.25, 0.3) is 0 Å². The molecule has 0 amide bonds. The number of aromatic nitrogens is 2. The first-order valence-electron chi connectivity index (χ1n) is 10.5. The van der Waals surface area contributed by atoms with Crippen molar-refractivity contribution in [3.8, 4) is 0 Å². The molecule has 29 heavy (non-hydrogen) atoms. The highest BCUT2D eigenvalue weighted by molar-refractivity contribution is 5.79. The van der Waals surface area contributed by atoms with Crippen LogP contribution in [-0.4, -0.2) is 55.8 Å². The minimum absolute atomic E-state index is 0.660. The lowest BCUT2D eigenvalue weighted by atomic mass is 10.0. The molecule has 7 nitrogen and oxygen atoms in total. The van der Waals surface area contributed by atoms with Crippen LogP contribution in [0.4, 0.5) is 0 Å². The SMILES string of the molecule is CN=C(NCCCOCC1CCOCC1)NCc1ccccc1Cn1cccn1. The molecule has 0 bridgehead atoms. The van der Waals surface area contributed by atoms with Gasteiger partial charge in [-0.05, 0) is 42.4 Å². The van der Waals surface area contributed by atoms with E-state index in [1.54, 1.807) is 13.2 Å². The normalized spacial score (nSPS) is 15.4. The maximum absolute atomic E-state index is 5.82. The minimum Gasteiger partial charge on any atom is -0.381 e. The van der Waals surface area contributed by atoms with Crippen molar-refractivity contribution < 1.29 is 9.47 Å². The number of rotatable bonds is 10. The lowest BCUT2D eigenvalue weighted by Crippen LogP contribution is -2.37. The van der Waals surface area contributed by atoms with Gasteiger partial charge in [-0.3, -0.25) is 9.67 Å². The first-order valence-corrected chi connectivity index (χ1v) is 10.5. The molecule has 0 saturated carbocycles. The van der Waals surface area contributed by atoms with Crippen molar-refractivity contribution >= 4 is 5.96 Å². The number of aliphatic imine (C=N–C) groups is 1. The van der Waals surface area contributed by atoms with Gasteiger partial charge in [-0.1, -0.05) is 24.3 Å². The van der Waals surface area contributed by atoms with E-state index in [0.29, 0.717) is 5.92 Å². The van der Waals surface area contributed by atoms with Crippen LogP contribution in [0.25, 0.3) is 0 Å². The topological polar surface area (TPSA) is 72.7 Å². The van der Waals surface area contributed by atoms with Crippen LogP contribution in [0.3, 0.4) is 0 Å². The summed E-state index contributed by atoms with van der Waals surface area (Å²) in [5, 5.41) is 11.1. The van der Waals surface area contributed by atoms with Crippen molar-refractivity contribution in [1.82, 2.24) is 20.4 Å². The van der Waals surface area contributed by atoms with Crippen molar-refractivity contribution in [3.63, 3.8) is 0 Å². The van der Waals surface area contributed by atoms with E-state index < -0.39 is 0 Å². The van der Waals surface area contributed by atoms with Gasteiger partial charge in [-0.15, -0.1) is 0 Å². The molecule has 158 valence electrons. The molecule has 0 aliphatic carbocycles. The van der Waals surface area contributed by atoms with Crippen molar-refractivity contribution in [3.05, 3.63) is 53.9 Å². The van der Waals surface area contributed by atoms with E-state index in [1.165, 1.54) is 11.1 Å². The molecule has 0 unspecified atom stereocenters. The highest BCUT2D eigenvalue weighted by atomic mass is 16.5. The van der Waals surface area contributed by atoms with Crippen molar-refractivity contribution in [2.45, 2.75) is 32.4 Å². The van der Waals surface area contributed by atoms with Crippen LogP contribution in [0, 0.1) is 5.92 Å². The zero-order valence-corrected chi connectivity index (χ0v) is 17.3. The number of benzene rings is 1. The van der Waals surface area contributed by atoms with Crippen LogP contribution < -0.4 is 10.6 Å². The zero-order chi connectivity index (χ0) is 20.2. The Labute approximate surface area is 173 Å². The van der Waals surface area contributed by atoms with E-state index in [4.69, 9.17) is 9.47 Å². The van der Waals surface area contributed by atoms with Crippen LogP contribution in [-0.2, 0) is 22.6 Å². The van der Waals surface area contributed by atoms with E-state index in [9.17, 15) is 0 Å². The van der Waals surface area contributed by atoms with Crippen LogP contribution in [0.15, 0.2) is 47.7 Å². The van der Waals surface area contributed by atoms with E-state index in [1.807, 2.05) is 16.9 Å². The zero-order valence-electron chi connectivity index (χ0n) is 17.3. The molecule has 1 aliphatic rings. The number of hydrogen-bond donors (Lipinski definition) is 2.